The number of hydrogen-bond donors (Lipinski definition) is 1. The first-order valence-corrected chi connectivity index (χ1v) is 5.84. The van der Waals surface area contributed by atoms with Crippen LogP contribution in [0.3, 0.4) is 0 Å². The van der Waals surface area contributed by atoms with Gasteiger partial charge in [0, 0.05) is 13.5 Å². The van der Waals surface area contributed by atoms with E-state index in [1.165, 1.54) is 17.7 Å². The van der Waals surface area contributed by atoms with Gasteiger partial charge in [0.1, 0.15) is 12.2 Å². The molecule has 1 atom stereocenters. The summed E-state index contributed by atoms with van der Waals surface area (Å²) in [5.74, 6) is 0.776. The number of aliphatic hydroxyl groups is 1. The normalized spacial score (nSPS) is 13.0. The van der Waals surface area contributed by atoms with Gasteiger partial charge in [-0.25, -0.2) is 9.97 Å². The summed E-state index contributed by atoms with van der Waals surface area (Å²) in [5, 5.41) is 15.0. The third kappa shape index (κ3) is 2.12. The molecule has 0 saturated heterocycles. The van der Waals surface area contributed by atoms with Crippen LogP contribution < -0.4 is 0 Å². The Hall–Kier alpha value is -1.27. The van der Waals surface area contributed by atoms with Crippen LogP contribution in [0.1, 0.15) is 27.5 Å². The predicted molar refractivity (Wildman–Crippen MR) is 61.3 cm³/mol. The van der Waals surface area contributed by atoms with Crippen LogP contribution in [0.4, 0.5) is 0 Å². The Kier molecular flexibility index (Phi) is 3.02. The highest BCUT2D eigenvalue weighted by Gasteiger charge is 2.17. The minimum absolute atomic E-state index is 0.471. The van der Waals surface area contributed by atoms with Crippen LogP contribution in [0.15, 0.2) is 6.33 Å². The first kappa shape index (κ1) is 11.2. The highest BCUT2D eigenvalue weighted by atomic mass is 32.1. The van der Waals surface area contributed by atoms with Crippen molar-refractivity contribution in [1.29, 1.82) is 0 Å². The average molecular weight is 238 g/mol. The van der Waals surface area contributed by atoms with E-state index in [0.717, 1.165) is 21.4 Å². The van der Waals surface area contributed by atoms with Crippen molar-refractivity contribution in [3.63, 3.8) is 0 Å². The maximum Gasteiger partial charge on any atom is 0.138 e. The van der Waals surface area contributed by atoms with Crippen molar-refractivity contribution in [2.45, 2.75) is 26.4 Å². The molecule has 0 bridgehead atoms. The lowest BCUT2D eigenvalue weighted by Crippen LogP contribution is -2.07. The van der Waals surface area contributed by atoms with Gasteiger partial charge in [-0.2, -0.15) is 5.10 Å². The smallest absolute Gasteiger partial charge is 0.138 e. The third-order valence-electron chi connectivity index (χ3n) is 2.42. The van der Waals surface area contributed by atoms with Gasteiger partial charge in [0.15, 0.2) is 0 Å². The van der Waals surface area contributed by atoms with Gasteiger partial charge in [-0.1, -0.05) is 0 Å². The zero-order chi connectivity index (χ0) is 11.7. The van der Waals surface area contributed by atoms with Gasteiger partial charge >= 0.3 is 0 Å². The molecule has 2 aromatic heterocycles. The lowest BCUT2D eigenvalue weighted by molar-refractivity contribution is 0.177. The van der Waals surface area contributed by atoms with Crippen LogP contribution in [-0.4, -0.2) is 24.9 Å². The fourth-order valence-electron chi connectivity index (χ4n) is 1.63. The number of rotatable bonds is 3. The van der Waals surface area contributed by atoms with Crippen molar-refractivity contribution in [1.82, 2.24) is 19.7 Å². The maximum atomic E-state index is 10.1. The van der Waals surface area contributed by atoms with E-state index >= 15 is 0 Å². The maximum absolute atomic E-state index is 10.1. The van der Waals surface area contributed by atoms with Crippen molar-refractivity contribution in [3.05, 3.63) is 27.7 Å². The number of aryl methyl sites for hydroxylation is 3. The van der Waals surface area contributed by atoms with Gasteiger partial charge in [-0.3, -0.25) is 4.68 Å². The molecule has 6 heteroatoms. The minimum Gasteiger partial charge on any atom is -0.387 e. The number of aromatic nitrogens is 4. The molecule has 1 N–H and O–H groups in total. The second kappa shape index (κ2) is 4.31. The van der Waals surface area contributed by atoms with E-state index in [1.54, 1.807) is 4.68 Å². The molecule has 0 spiro atoms. The lowest BCUT2D eigenvalue weighted by atomic mass is 10.2. The SMILES string of the molecule is Cc1nc(C)c(C(O)Cc2ncnn2C)s1. The van der Waals surface area contributed by atoms with Crippen LogP contribution in [0.5, 0.6) is 0 Å². The first-order chi connectivity index (χ1) is 7.58. The number of nitrogens with zero attached hydrogens (tertiary/aromatic N) is 4. The monoisotopic (exact) mass is 238 g/mol. The molecule has 0 aliphatic carbocycles. The Labute approximate surface area is 97.8 Å². The van der Waals surface area contributed by atoms with Crippen LogP contribution in [-0.2, 0) is 13.5 Å². The molecule has 0 aromatic carbocycles. The standard InChI is InChI=1S/C10H14N4OS/c1-6-10(16-7(2)13-6)8(15)4-9-11-5-12-14(9)3/h5,8,15H,4H2,1-3H3. The van der Waals surface area contributed by atoms with Gasteiger partial charge in [0.05, 0.1) is 21.7 Å². The summed E-state index contributed by atoms with van der Waals surface area (Å²) in [6.45, 7) is 3.86. The van der Waals surface area contributed by atoms with Crippen LogP contribution in [0.2, 0.25) is 0 Å². The average Bonchev–Trinajstić information content (AvgIpc) is 2.74. The van der Waals surface area contributed by atoms with Gasteiger partial charge in [0.2, 0.25) is 0 Å². The summed E-state index contributed by atoms with van der Waals surface area (Å²) in [5.41, 5.74) is 0.900. The Bertz CT molecular complexity index is 491. The molecule has 0 amide bonds. The second-order valence-corrected chi connectivity index (χ2v) is 4.94. The van der Waals surface area contributed by atoms with Gasteiger partial charge in [-0.05, 0) is 13.8 Å². The molecule has 86 valence electrons. The summed E-state index contributed by atoms with van der Waals surface area (Å²) in [7, 11) is 1.82. The van der Waals surface area contributed by atoms with Gasteiger partial charge < -0.3 is 5.11 Å². The molecule has 2 rings (SSSR count). The highest BCUT2D eigenvalue weighted by molar-refractivity contribution is 7.11. The molecule has 2 aromatic rings. The Balaban J connectivity index is 2.17. The van der Waals surface area contributed by atoms with Crippen LogP contribution in [0.25, 0.3) is 0 Å². The van der Waals surface area contributed by atoms with Crippen molar-refractivity contribution in [2.24, 2.45) is 7.05 Å². The van der Waals surface area contributed by atoms with Gasteiger partial charge in [0.25, 0.3) is 0 Å². The molecule has 5 nitrogen and oxygen atoms in total. The molecule has 0 aliphatic rings. The molecule has 16 heavy (non-hydrogen) atoms. The summed E-state index contributed by atoms with van der Waals surface area (Å²) < 4.78 is 1.67. The molecule has 2 heterocycles. The minimum atomic E-state index is -0.547. The molecule has 0 fully saturated rings. The van der Waals surface area contributed by atoms with E-state index in [9.17, 15) is 5.11 Å². The Morgan fingerprint density at radius 3 is 2.75 bits per heavy atom. The molecule has 0 radical (unpaired) electrons. The van der Waals surface area contributed by atoms with E-state index in [0.29, 0.717) is 6.42 Å². The quantitative estimate of drug-likeness (QED) is 0.871. The van der Waals surface area contributed by atoms with Crippen LogP contribution >= 0.6 is 11.3 Å². The fourth-order valence-corrected chi connectivity index (χ4v) is 2.54. The van der Waals surface area contributed by atoms with Crippen molar-refractivity contribution < 1.29 is 5.11 Å². The first-order valence-electron chi connectivity index (χ1n) is 5.02. The Morgan fingerprint density at radius 1 is 1.50 bits per heavy atom. The van der Waals surface area contributed by atoms with Crippen molar-refractivity contribution in [2.75, 3.05) is 0 Å². The lowest BCUT2D eigenvalue weighted by Gasteiger charge is -2.08. The molecule has 0 saturated carbocycles. The number of hydrogen-bond acceptors (Lipinski definition) is 5. The second-order valence-electron chi connectivity index (χ2n) is 3.70. The van der Waals surface area contributed by atoms with E-state index in [1.807, 2.05) is 20.9 Å². The summed E-state index contributed by atoms with van der Waals surface area (Å²) in [6, 6.07) is 0. The summed E-state index contributed by atoms with van der Waals surface area (Å²) in [6.07, 6.45) is 1.42. The molecular formula is C10H14N4OS. The fraction of sp³-hybridized carbons (Fsp3) is 0.500. The largest absolute Gasteiger partial charge is 0.387 e. The highest BCUT2D eigenvalue weighted by Crippen LogP contribution is 2.26. The third-order valence-corrected chi connectivity index (χ3v) is 3.60. The summed E-state index contributed by atoms with van der Waals surface area (Å²) >= 11 is 1.53. The van der Waals surface area contributed by atoms with Gasteiger partial charge in [-0.15, -0.1) is 11.3 Å². The Morgan fingerprint density at radius 2 is 2.25 bits per heavy atom. The zero-order valence-electron chi connectivity index (χ0n) is 9.51. The van der Waals surface area contributed by atoms with Crippen molar-refractivity contribution in [3.8, 4) is 0 Å². The van der Waals surface area contributed by atoms with E-state index < -0.39 is 6.10 Å². The predicted octanol–water partition coefficient (Wildman–Crippen LogP) is 1.16. The zero-order valence-corrected chi connectivity index (χ0v) is 10.3. The van der Waals surface area contributed by atoms with Crippen LogP contribution in [0, 0.1) is 13.8 Å². The molecule has 0 aliphatic heterocycles. The summed E-state index contributed by atoms with van der Waals surface area (Å²) in [4.78, 5) is 9.31. The molecule has 1 unspecified atom stereocenters. The topological polar surface area (TPSA) is 63.8 Å². The van der Waals surface area contributed by atoms with E-state index in [4.69, 9.17) is 0 Å². The number of aliphatic hydroxyl groups excluding tert-OH is 1. The van der Waals surface area contributed by atoms with E-state index in [2.05, 4.69) is 15.1 Å². The van der Waals surface area contributed by atoms with E-state index in [-0.39, 0.29) is 0 Å². The molecular weight excluding hydrogens is 224 g/mol. The number of thiazole rings is 1. The van der Waals surface area contributed by atoms with Crippen molar-refractivity contribution >= 4 is 11.3 Å².